The number of ether oxygens (including phenoxy) is 4. The Bertz CT molecular complexity index is 1060. The van der Waals surface area contributed by atoms with Crippen molar-refractivity contribution >= 4 is 12.2 Å². The number of phenols is 2. The lowest BCUT2D eigenvalue weighted by Gasteiger charge is -2.41. The molecule has 2 aliphatic rings. The third-order valence-corrected chi connectivity index (χ3v) is 6.07. The van der Waals surface area contributed by atoms with Crippen LogP contribution in [0.15, 0.2) is 42.5 Å². The minimum atomic E-state index is -1.68. The van der Waals surface area contributed by atoms with E-state index in [2.05, 4.69) is 0 Å². The van der Waals surface area contributed by atoms with E-state index < -0.39 is 61.9 Å². The lowest BCUT2D eigenvalue weighted by atomic mass is 9.99. The molecule has 0 saturated carbocycles. The smallest absolute Gasteiger partial charge is 0.229 e. The molecule has 4 rings (SSSR count). The van der Waals surface area contributed by atoms with Gasteiger partial charge in [0, 0.05) is 6.07 Å². The number of hydrogen-bond acceptors (Lipinski definition) is 12. The first-order valence-electron chi connectivity index (χ1n) is 11.6. The average molecular weight is 523 g/mol. The van der Waals surface area contributed by atoms with E-state index in [1.807, 2.05) is 0 Å². The van der Waals surface area contributed by atoms with Gasteiger partial charge in [-0.3, -0.25) is 0 Å². The normalized spacial score (nSPS) is 34.5. The molecule has 0 spiro atoms. The summed E-state index contributed by atoms with van der Waals surface area (Å²) >= 11 is 0. The number of rotatable bonds is 7. The summed E-state index contributed by atoms with van der Waals surface area (Å²) < 4.78 is 21.8. The van der Waals surface area contributed by atoms with E-state index in [0.29, 0.717) is 5.56 Å². The summed E-state index contributed by atoms with van der Waals surface area (Å²) in [7, 11) is 0. The standard InChI is InChI=1S/C25H30O12/c26-14-5-3-12(4-6-14)1-2-13-7-15(27)9-16(8-13)36-25-23(33)21(31)20(30)18(37-25)11-35-24-22(32)19(29)17(28)10-34-24/h1-9,17-33H,10-11H2/t17-,18-,19+,20-,21+,22-,23-,24+,25-/m1/s1. The van der Waals surface area contributed by atoms with Crippen LogP contribution in [0, 0.1) is 0 Å². The maximum Gasteiger partial charge on any atom is 0.229 e. The first kappa shape index (κ1) is 27.3. The molecule has 0 aromatic heterocycles. The van der Waals surface area contributed by atoms with Crippen molar-refractivity contribution in [1.82, 2.24) is 0 Å². The predicted molar refractivity (Wildman–Crippen MR) is 126 cm³/mol. The second-order valence-corrected chi connectivity index (χ2v) is 8.90. The zero-order chi connectivity index (χ0) is 26.7. The Balaban J connectivity index is 1.42. The molecule has 12 nitrogen and oxygen atoms in total. The minimum Gasteiger partial charge on any atom is -0.508 e. The van der Waals surface area contributed by atoms with Gasteiger partial charge in [0.2, 0.25) is 6.29 Å². The highest BCUT2D eigenvalue weighted by molar-refractivity contribution is 5.71. The van der Waals surface area contributed by atoms with Crippen molar-refractivity contribution in [3.63, 3.8) is 0 Å². The topological polar surface area (TPSA) is 199 Å². The molecular weight excluding hydrogens is 492 g/mol. The summed E-state index contributed by atoms with van der Waals surface area (Å²) in [5.74, 6) is 0.0877. The third-order valence-electron chi connectivity index (χ3n) is 6.07. The number of phenolic OH excluding ortho intramolecular Hbond substituents is 2. The van der Waals surface area contributed by atoms with Crippen LogP contribution in [0.4, 0.5) is 0 Å². The molecule has 2 aromatic rings. The monoisotopic (exact) mass is 522 g/mol. The van der Waals surface area contributed by atoms with Crippen LogP contribution in [0.5, 0.6) is 17.2 Å². The summed E-state index contributed by atoms with van der Waals surface area (Å²) in [6, 6.07) is 10.8. The van der Waals surface area contributed by atoms with Gasteiger partial charge in [-0.25, -0.2) is 0 Å². The quantitative estimate of drug-likeness (QED) is 0.205. The van der Waals surface area contributed by atoms with Crippen LogP contribution in [0.1, 0.15) is 11.1 Å². The van der Waals surface area contributed by atoms with Crippen molar-refractivity contribution < 1.29 is 59.8 Å². The third kappa shape index (κ3) is 6.57. The number of aliphatic hydroxyl groups excluding tert-OH is 6. The number of benzene rings is 2. The molecule has 0 amide bonds. The van der Waals surface area contributed by atoms with E-state index in [1.54, 1.807) is 30.4 Å². The molecular formula is C25H30O12. The molecule has 0 radical (unpaired) electrons. The van der Waals surface area contributed by atoms with Gasteiger partial charge in [-0.05, 0) is 35.4 Å². The SMILES string of the molecule is Oc1ccc(C=Cc2cc(O)cc(O[C@@H]3O[C@H](CO[C@@H]4OC[C@@H](O)[C@H](O)[C@H]4O)[C@@H](O)[C@H](O)[C@H]3O)c2)cc1. The summed E-state index contributed by atoms with van der Waals surface area (Å²) in [5.41, 5.74) is 1.33. The zero-order valence-corrected chi connectivity index (χ0v) is 19.5. The second kappa shape index (κ2) is 11.7. The van der Waals surface area contributed by atoms with Crippen LogP contribution in [-0.2, 0) is 14.2 Å². The van der Waals surface area contributed by atoms with Gasteiger partial charge in [0.05, 0.1) is 13.2 Å². The first-order chi connectivity index (χ1) is 17.6. The first-order valence-corrected chi connectivity index (χ1v) is 11.6. The van der Waals surface area contributed by atoms with Gasteiger partial charge in [-0.1, -0.05) is 24.3 Å². The molecule has 8 N–H and O–H groups in total. The maximum atomic E-state index is 10.4. The van der Waals surface area contributed by atoms with Crippen molar-refractivity contribution in [2.45, 2.75) is 55.3 Å². The summed E-state index contributed by atoms with van der Waals surface area (Å²) in [6.45, 7) is -0.707. The molecule has 2 saturated heterocycles. The fraction of sp³-hybridized carbons (Fsp3) is 0.440. The lowest BCUT2D eigenvalue weighted by Crippen LogP contribution is -2.61. The Morgan fingerprint density at radius 3 is 2.14 bits per heavy atom. The summed E-state index contributed by atoms with van der Waals surface area (Å²) in [5, 5.41) is 79.9. The molecule has 2 heterocycles. The van der Waals surface area contributed by atoms with Gasteiger partial charge in [0.1, 0.15) is 60.0 Å². The van der Waals surface area contributed by atoms with Crippen molar-refractivity contribution in [3.05, 3.63) is 53.6 Å². The van der Waals surface area contributed by atoms with Crippen molar-refractivity contribution in [2.24, 2.45) is 0 Å². The molecule has 0 bridgehead atoms. The maximum absolute atomic E-state index is 10.4. The fourth-order valence-corrected chi connectivity index (χ4v) is 3.95. The minimum absolute atomic E-state index is 0.0980. The molecule has 0 unspecified atom stereocenters. The van der Waals surface area contributed by atoms with Crippen LogP contribution in [0.2, 0.25) is 0 Å². The van der Waals surface area contributed by atoms with Crippen LogP contribution in [-0.4, -0.2) is 109 Å². The zero-order valence-electron chi connectivity index (χ0n) is 19.5. The van der Waals surface area contributed by atoms with Gasteiger partial charge in [-0.15, -0.1) is 0 Å². The number of aromatic hydroxyl groups is 2. The fourth-order valence-electron chi connectivity index (χ4n) is 3.95. The molecule has 0 aliphatic carbocycles. The van der Waals surface area contributed by atoms with E-state index >= 15 is 0 Å². The van der Waals surface area contributed by atoms with E-state index in [-0.39, 0.29) is 23.9 Å². The van der Waals surface area contributed by atoms with Crippen LogP contribution < -0.4 is 4.74 Å². The van der Waals surface area contributed by atoms with E-state index in [1.165, 1.54) is 24.3 Å². The Kier molecular flexibility index (Phi) is 8.64. The Labute approximate surface area is 211 Å². The molecule has 37 heavy (non-hydrogen) atoms. The van der Waals surface area contributed by atoms with Crippen LogP contribution >= 0.6 is 0 Å². The summed E-state index contributed by atoms with van der Waals surface area (Å²) in [6.07, 6.45) is -9.85. The average Bonchev–Trinajstić information content (AvgIpc) is 2.87. The Morgan fingerprint density at radius 1 is 0.730 bits per heavy atom. The molecule has 9 atom stereocenters. The van der Waals surface area contributed by atoms with Crippen molar-refractivity contribution in [3.8, 4) is 17.2 Å². The van der Waals surface area contributed by atoms with Gasteiger partial charge >= 0.3 is 0 Å². The van der Waals surface area contributed by atoms with Crippen LogP contribution in [0.3, 0.4) is 0 Å². The molecule has 2 aliphatic heterocycles. The highest BCUT2D eigenvalue weighted by atomic mass is 16.7. The van der Waals surface area contributed by atoms with Crippen molar-refractivity contribution in [1.29, 1.82) is 0 Å². The van der Waals surface area contributed by atoms with Gasteiger partial charge in [0.15, 0.2) is 6.29 Å². The number of aliphatic hydroxyl groups is 6. The van der Waals surface area contributed by atoms with Crippen molar-refractivity contribution in [2.75, 3.05) is 13.2 Å². The Hall–Kier alpha value is -2.78. The second-order valence-electron chi connectivity index (χ2n) is 8.90. The lowest BCUT2D eigenvalue weighted by molar-refractivity contribution is -0.307. The molecule has 12 heteroatoms. The van der Waals surface area contributed by atoms with E-state index in [9.17, 15) is 40.9 Å². The Morgan fingerprint density at radius 2 is 1.41 bits per heavy atom. The van der Waals surface area contributed by atoms with Gasteiger partial charge < -0.3 is 59.8 Å². The van der Waals surface area contributed by atoms with Gasteiger partial charge in [-0.2, -0.15) is 0 Å². The van der Waals surface area contributed by atoms with E-state index in [0.717, 1.165) is 5.56 Å². The molecule has 2 fully saturated rings. The molecule has 2 aromatic carbocycles. The predicted octanol–water partition coefficient (Wildman–Crippen LogP) is -1.09. The summed E-state index contributed by atoms with van der Waals surface area (Å²) in [4.78, 5) is 0. The van der Waals surface area contributed by atoms with E-state index in [4.69, 9.17) is 18.9 Å². The van der Waals surface area contributed by atoms with Crippen LogP contribution in [0.25, 0.3) is 12.2 Å². The highest BCUT2D eigenvalue weighted by Gasteiger charge is 2.46. The largest absolute Gasteiger partial charge is 0.508 e. The van der Waals surface area contributed by atoms with Gasteiger partial charge in [0.25, 0.3) is 0 Å². The number of hydrogen-bond donors (Lipinski definition) is 8. The highest BCUT2D eigenvalue weighted by Crippen LogP contribution is 2.29. The molecule has 202 valence electrons.